The number of carbonyl (C=O) groups excluding carboxylic acids is 2. The number of nitrogens with two attached hydrogens (primary N) is 3. The molecule has 13 nitrogen and oxygen atoms in total. The smallest absolute Gasteiger partial charge is 0.323 e. The van der Waals surface area contributed by atoms with Crippen LogP contribution in [0.15, 0.2) is 33.0 Å². The number of fused-ring (bicyclic) bond motifs is 2. The van der Waals surface area contributed by atoms with Crippen LogP contribution in [0, 0.1) is 5.92 Å². The highest BCUT2D eigenvalue weighted by Gasteiger charge is 2.30. The Balaban J connectivity index is 0.00000442. The number of imidazole rings is 1. The van der Waals surface area contributed by atoms with E-state index in [-0.39, 0.29) is 25.1 Å². The summed E-state index contributed by atoms with van der Waals surface area (Å²) in [5, 5.41) is 0.742. The van der Waals surface area contributed by atoms with Crippen molar-refractivity contribution in [3.63, 3.8) is 0 Å². The molecule has 1 saturated heterocycles. The van der Waals surface area contributed by atoms with Crippen LogP contribution in [0.3, 0.4) is 0 Å². The summed E-state index contributed by atoms with van der Waals surface area (Å²) in [4.78, 5) is 41.4. The first-order valence-electron chi connectivity index (χ1n) is 14.4. The SMILES string of the molecule is C[C@H](OC(=O)[C@@H](N)CCCCN)C(=O)N1CCC(CCn2c(Sc3cc4c(cc3Br)OCO4)nc3c(N)ncnc32)CC1.Cl. The summed E-state index contributed by atoms with van der Waals surface area (Å²) in [6.07, 6.45) is 5.15. The van der Waals surface area contributed by atoms with Gasteiger partial charge in [-0.05, 0) is 79.6 Å². The van der Waals surface area contributed by atoms with Gasteiger partial charge in [-0.25, -0.2) is 15.0 Å². The van der Waals surface area contributed by atoms with E-state index in [1.807, 2.05) is 12.1 Å². The Morgan fingerprint density at radius 2 is 1.91 bits per heavy atom. The number of carbonyl (C=O) groups is 2. The Hall–Kier alpha value is -2.85. The number of aromatic nitrogens is 4. The van der Waals surface area contributed by atoms with Crippen molar-refractivity contribution in [3.05, 3.63) is 22.9 Å². The summed E-state index contributed by atoms with van der Waals surface area (Å²) < 4.78 is 19.4. The molecular weight excluding hydrogens is 676 g/mol. The molecule has 6 N–H and O–H groups in total. The topological polar surface area (TPSA) is 187 Å². The minimum absolute atomic E-state index is 0. The van der Waals surface area contributed by atoms with E-state index in [1.165, 1.54) is 18.1 Å². The predicted molar refractivity (Wildman–Crippen MR) is 172 cm³/mol. The quantitative estimate of drug-likeness (QED) is 0.184. The Morgan fingerprint density at radius 3 is 2.64 bits per heavy atom. The summed E-state index contributed by atoms with van der Waals surface area (Å²) in [5.41, 5.74) is 18.8. The van der Waals surface area contributed by atoms with Crippen molar-refractivity contribution in [2.45, 2.75) is 74.2 Å². The lowest BCUT2D eigenvalue weighted by Gasteiger charge is -2.33. The summed E-state index contributed by atoms with van der Waals surface area (Å²) in [6, 6.07) is 3.07. The molecule has 2 aromatic heterocycles. The molecule has 0 aliphatic carbocycles. The largest absolute Gasteiger partial charge is 0.454 e. The van der Waals surface area contributed by atoms with E-state index < -0.39 is 18.1 Å². The molecule has 1 fully saturated rings. The van der Waals surface area contributed by atoms with Crippen LogP contribution in [0.1, 0.15) is 45.4 Å². The highest BCUT2D eigenvalue weighted by Crippen LogP contribution is 2.43. The molecular formula is C28H38BrClN8O5S. The first-order chi connectivity index (χ1) is 20.7. The van der Waals surface area contributed by atoms with Gasteiger partial charge in [0.2, 0.25) is 6.79 Å². The number of ether oxygens (including phenoxy) is 3. The van der Waals surface area contributed by atoms with Crippen molar-refractivity contribution < 1.29 is 23.8 Å². The third-order valence-corrected chi connectivity index (χ3v) is 9.72. The fourth-order valence-corrected chi connectivity index (χ4v) is 6.75. The van der Waals surface area contributed by atoms with Crippen molar-refractivity contribution in [1.82, 2.24) is 24.4 Å². The monoisotopic (exact) mass is 712 g/mol. The zero-order valence-corrected chi connectivity index (χ0v) is 27.7. The normalized spacial score (nSPS) is 16.0. The fourth-order valence-electron chi connectivity index (χ4n) is 5.24. The number of aryl methyl sites for hydroxylation is 1. The molecule has 2 aliphatic rings. The molecule has 3 aromatic rings. The van der Waals surface area contributed by atoms with E-state index in [2.05, 4.69) is 30.5 Å². The average Bonchev–Trinajstić information content (AvgIpc) is 3.60. The number of likely N-dealkylation sites (tertiary alicyclic amines) is 1. The molecule has 1 aromatic carbocycles. The second-order valence-electron chi connectivity index (χ2n) is 10.7. The first-order valence-corrected chi connectivity index (χ1v) is 16.0. The van der Waals surface area contributed by atoms with E-state index in [0.29, 0.717) is 67.0 Å². The van der Waals surface area contributed by atoms with Gasteiger partial charge < -0.3 is 40.9 Å². The predicted octanol–water partition coefficient (Wildman–Crippen LogP) is 3.49. The van der Waals surface area contributed by atoms with Gasteiger partial charge in [0.05, 0.1) is 0 Å². The van der Waals surface area contributed by atoms with Gasteiger partial charge in [0.15, 0.2) is 39.7 Å². The molecule has 0 radical (unpaired) electrons. The van der Waals surface area contributed by atoms with E-state index in [4.69, 9.17) is 36.4 Å². The number of nitrogens with zero attached hydrogens (tertiary/aromatic N) is 5. The third kappa shape index (κ3) is 7.86. The maximum Gasteiger partial charge on any atom is 0.323 e. The minimum atomic E-state index is -0.873. The fraction of sp³-hybridized carbons (Fsp3) is 0.536. The van der Waals surface area contributed by atoms with E-state index in [9.17, 15) is 9.59 Å². The second-order valence-corrected chi connectivity index (χ2v) is 12.6. The summed E-state index contributed by atoms with van der Waals surface area (Å²) in [5.74, 6) is 1.36. The number of piperidine rings is 1. The molecule has 0 spiro atoms. The highest BCUT2D eigenvalue weighted by molar-refractivity contribution is 9.10. The number of anilines is 1. The van der Waals surface area contributed by atoms with Crippen LogP contribution in [-0.2, 0) is 20.9 Å². The number of hydrogen-bond acceptors (Lipinski definition) is 12. The summed E-state index contributed by atoms with van der Waals surface area (Å²) >= 11 is 5.12. The van der Waals surface area contributed by atoms with Crippen molar-refractivity contribution in [2.24, 2.45) is 17.4 Å². The lowest BCUT2D eigenvalue weighted by molar-refractivity contribution is -0.160. The van der Waals surface area contributed by atoms with Gasteiger partial charge in [-0.2, -0.15) is 0 Å². The first kappa shape index (κ1) is 34.0. The van der Waals surface area contributed by atoms with Crippen LogP contribution in [0.2, 0.25) is 0 Å². The van der Waals surface area contributed by atoms with E-state index >= 15 is 0 Å². The maximum absolute atomic E-state index is 13.0. The highest BCUT2D eigenvalue weighted by atomic mass is 79.9. The molecule has 0 bridgehead atoms. The number of halogens is 2. The molecule has 2 aliphatic heterocycles. The van der Waals surface area contributed by atoms with Gasteiger partial charge >= 0.3 is 5.97 Å². The number of hydrogen-bond donors (Lipinski definition) is 3. The van der Waals surface area contributed by atoms with Crippen LogP contribution in [0.25, 0.3) is 11.2 Å². The van der Waals surface area contributed by atoms with E-state index in [0.717, 1.165) is 46.6 Å². The van der Waals surface area contributed by atoms with Gasteiger partial charge in [-0.3, -0.25) is 9.59 Å². The van der Waals surface area contributed by atoms with Gasteiger partial charge in [-0.1, -0.05) is 18.2 Å². The standard InChI is InChI=1S/C28H37BrN8O5S.ClH/c1-16(42-27(39)19(31)4-2-3-8-30)26(38)36-9-5-17(6-10-36)7-11-37-25-23(24(32)33-14-34-25)35-28(37)43-22-13-21-20(12-18(22)29)40-15-41-21;/h12-14,16-17,19H,2-11,15,30-31H2,1H3,(H2,32,33,34);1H/t16-,19-;/m0./s1. The molecule has 0 unspecified atom stereocenters. The Bertz CT molecular complexity index is 1470. The van der Waals surface area contributed by atoms with Crippen molar-refractivity contribution >= 4 is 69.0 Å². The number of rotatable bonds is 12. The lowest BCUT2D eigenvalue weighted by atomic mass is 9.93. The van der Waals surface area contributed by atoms with Crippen LogP contribution >= 0.6 is 40.1 Å². The van der Waals surface area contributed by atoms with Crippen molar-refractivity contribution in [2.75, 3.05) is 32.2 Å². The average molecular weight is 714 g/mol. The molecule has 240 valence electrons. The molecule has 2 atom stereocenters. The zero-order chi connectivity index (χ0) is 30.5. The molecule has 4 heterocycles. The Morgan fingerprint density at radius 1 is 1.18 bits per heavy atom. The summed E-state index contributed by atoms with van der Waals surface area (Å²) in [6.45, 7) is 4.21. The molecule has 1 amide bonds. The number of nitrogen functional groups attached to an aromatic ring is 1. The Kier molecular flexibility index (Phi) is 11.9. The summed E-state index contributed by atoms with van der Waals surface area (Å²) in [7, 11) is 0. The zero-order valence-electron chi connectivity index (χ0n) is 24.4. The number of unbranched alkanes of at least 4 members (excludes halogenated alkanes) is 1. The minimum Gasteiger partial charge on any atom is -0.454 e. The van der Waals surface area contributed by atoms with Gasteiger partial charge in [0.1, 0.15) is 12.4 Å². The molecule has 5 rings (SSSR count). The Labute approximate surface area is 274 Å². The molecule has 0 saturated carbocycles. The van der Waals surface area contributed by atoms with Gasteiger partial charge in [0, 0.05) is 29.0 Å². The van der Waals surface area contributed by atoms with Gasteiger partial charge in [-0.15, -0.1) is 12.4 Å². The van der Waals surface area contributed by atoms with Gasteiger partial charge in [0.25, 0.3) is 5.91 Å². The van der Waals surface area contributed by atoms with Crippen LogP contribution < -0.4 is 26.7 Å². The maximum atomic E-state index is 13.0. The third-order valence-electron chi connectivity index (χ3n) is 7.75. The molecule has 16 heteroatoms. The number of esters is 1. The van der Waals surface area contributed by atoms with Crippen molar-refractivity contribution in [3.8, 4) is 11.5 Å². The van der Waals surface area contributed by atoms with Crippen LogP contribution in [0.5, 0.6) is 11.5 Å². The van der Waals surface area contributed by atoms with Crippen LogP contribution in [0.4, 0.5) is 5.82 Å². The number of benzene rings is 1. The van der Waals surface area contributed by atoms with E-state index in [1.54, 1.807) is 11.8 Å². The van der Waals surface area contributed by atoms with Crippen LogP contribution in [-0.4, -0.2) is 74.9 Å². The second kappa shape index (κ2) is 15.4. The number of amides is 1. The van der Waals surface area contributed by atoms with Crippen molar-refractivity contribution in [1.29, 1.82) is 0 Å². The molecule has 44 heavy (non-hydrogen) atoms. The lowest BCUT2D eigenvalue weighted by Crippen LogP contribution is -2.46.